The zero-order valence-electron chi connectivity index (χ0n) is 35.7. The van der Waals surface area contributed by atoms with Crippen molar-refractivity contribution >= 4 is 68.0 Å². The predicted molar refractivity (Wildman–Crippen MR) is 239 cm³/mol. The predicted octanol–water partition coefficient (Wildman–Crippen LogP) is 3.15. The summed E-state index contributed by atoms with van der Waals surface area (Å²) in [7, 11) is -3.30. The first kappa shape index (κ1) is 44.9. The molecule has 19 nitrogen and oxygen atoms in total. The number of rotatable bonds is 19. The first-order valence-corrected chi connectivity index (χ1v) is 23.2. The number of anilines is 4. The fourth-order valence-corrected chi connectivity index (χ4v) is 8.56. The van der Waals surface area contributed by atoms with E-state index in [0.29, 0.717) is 89.6 Å². The van der Waals surface area contributed by atoms with E-state index in [1.54, 1.807) is 47.0 Å². The van der Waals surface area contributed by atoms with Crippen LogP contribution in [0.5, 0.6) is 0 Å². The van der Waals surface area contributed by atoms with Crippen molar-refractivity contribution < 1.29 is 46.6 Å². The minimum Gasteiger partial charge on any atom is -0.382 e. The third kappa shape index (κ3) is 10.5. The molecule has 2 fully saturated rings. The van der Waals surface area contributed by atoms with E-state index in [2.05, 4.69) is 30.9 Å². The number of hydrogen-bond donors (Lipinski definition) is 3. The molecular formula is C45H49N9O10S. The number of carbonyl (C=O) groups is 5. The third-order valence-electron chi connectivity index (χ3n) is 11.3. The Kier molecular flexibility index (Phi) is 13.8. The van der Waals surface area contributed by atoms with Gasteiger partial charge in [0.25, 0.3) is 11.8 Å². The molecule has 1 atom stereocenters. The molecule has 8 rings (SSSR count). The molecule has 20 heteroatoms. The van der Waals surface area contributed by atoms with Crippen LogP contribution in [0.15, 0.2) is 89.8 Å². The number of sulfone groups is 1. The molecule has 5 amide bonds. The number of amides is 5. The van der Waals surface area contributed by atoms with E-state index in [4.69, 9.17) is 14.2 Å². The molecule has 0 bridgehead atoms. The number of benzene rings is 3. The van der Waals surface area contributed by atoms with E-state index in [1.807, 2.05) is 47.4 Å². The summed E-state index contributed by atoms with van der Waals surface area (Å²) in [6.07, 6.45) is 1.60. The maximum atomic E-state index is 13.2. The maximum Gasteiger partial charge on any atom is 0.264 e. The van der Waals surface area contributed by atoms with Gasteiger partial charge in [0.1, 0.15) is 6.04 Å². The molecule has 3 aliphatic heterocycles. The van der Waals surface area contributed by atoms with Gasteiger partial charge in [-0.3, -0.25) is 34.2 Å². The molecule has 0 saturated carbocycles. The van der Waals surface area contributed by atoms with Crippen molar-refractivity contribution in [1.29, 1.82) is 0 Å². The first-order valence-electron chi connectivity index (χ1n) is 21.3. The van der Waals surface area contributed by atoms with Gasteiger partial charge in [-0.15, -0.1) is 5.10 Å². The van der Waals surface area contributed by atoms with Gasteiger partial charge in [-0.1, -0.05) is 24.3 Å². The number of ether oxygens (including phenoxy) is 3. The summed E-state index contributed by atoms with van der Waals surface area (Å²) in [6, 6.07) is 24.2. The van der Waals surface area contributed by atoms with Gasteiger partial charge >= 0.3 is 0 Å². The molecule has 5 heterocycles. The van der Waals surface area contributed by atoms with Crippen molar-refractivity contribution in [3.63, 3.8) is 0 Å². The largest absolute Gasteiger partial charge is 0.382 e. The van der Waals surface area contributed by atoms with Gasteiger partial charge in [0.15, 0.2) is 15.5 Å². The lowest BCUT2D eigenvalue weighted by Crippen LogP contribution is -2.54. The van der Waals surface area contributed by atoms with Crippen molar-refractivity contribution in [3.8, 4) is 11.3 Å². The Labute approximate surface area is 374 Å². The molecule has 2 aromatic heterocycles. The van der Waals surface area contributed by atoms with E-state index >= 15 is 0 Å². The lowest BCUT2D eigenvalue weighted by atomic mass is 10.0. The number of pyridine rings is 1. The fraction of sp³-hybridized carbons (Fsp3) is 0.356. The van der Waals surface area contributed by atoms with Crippen LogP contribution in [-0.2, 0) is 38.4 Å². The lowest BCUT2D eigenvalue weighted by Gasteiger charge is -2.36. The molecule has 2 saturated heterocycles. The summed E-state index contributed by atoms with van der Waals surface area (Å²) < 4.78 is 42.4. The second-order valence-electron chi connectivity index (χ2n) is 15.6. The average molecular weight is 908 g/mol. The quantitative estimate of drug-likeness (QED) is 0.0800. The minimum absolute atomic E-state index is 0.0456. The lowest BCUT2D eigenvalue weighted by molar-refractivity contribution is -0.136. The second kappa shape index (κ2) is 20.0. The van der Waals surface area contributed by atoms with Crippen LogP contribution in [0, 0.1) is 0 Å². The summed E-state index contributed by atoms with van der Waals surface area (Å²) in [5, 5.41) is 13.3. The van der Waals surface area contributed by atoms with Crippen LogP contribution in [0.25, 0.3) is 16.9 Å². The number of nitrogens with zero attached hydrogens (tertiary/aromatic N) is 6. The summed E-state index contributed by atoms with van der Waals surface area (Å²) in [4.78, 5) is 73.0. The Hall–Kier alpha value is -6.74. The Morgan fingerprint density at radius 1 is 0.800 bits per heavy atom. The number of aromatic nitrogens is 3. The number of fused-ring (bicyclic) bond motifs is 2. The van der Waals surface area contributed by atoms with E-state index in [0.717, 1.165) is 27.5 Å². The number of imide groups is 2. The smallest absolute Gasteiger partial charge is 0.264 e. The van der Waals surface area contributed by atoms with Crippen molar-refractivity contribution in [2.45, 2.75) is 30.2 Å². The molecule has 5 aromatic rings. The van der Waals surface area contributed by atoms with E-state index in [1.165, 1.54) is 6.26 Å². The summed E-state index contributed by atoms with van der Waals surface area (Å²) >= 11 is 0. The van der Waals surface area contributed by atoms with Gasteiger partial charge in [-0.05, 0) is 67.1 Å². The molecule has 1 unspecified atom stereocenters. The summed E-state index contributed by atoms with van der Waals surface area (Å²) in [6.45, 7) is 4.94. The van der Waals surface area contributed by atoms with Gasteiger partial charge in [-0.25, -0.2) is 12.9 Å². The first-order chi connectivity index (χ1) is 31.4. The van der Waals surface area contributed by atoms with Crippen LogP contribution in [0.3, 0.4) is 0 Å². The van der Waals surface area contributed by atoms with Crippen LogP contribution < -0.4 is 20.9 Å². The number of piperazine rings is 1. The van der Waals surface area contributed by atoms with Gasteiger partial charge in [0, 0.05) is 68.0 Å². The van der Waals surface area contributed by atoms with Crippen molar-refractivity contribution in [2.24, 2.45) is 0 Å². The fourth-order valence-electron chi connectivity index (χ4n) is 7.93. The van der Waals surface area contributed by atoms with Gasteiger partial charge < -0.3 is 34.6 Å². The van der Waals surface area contributed by atoms with Gasteiger partial charge in [0.05, 0.1) is 67.8 Å². The highest BCUT2D eigenvalue weighted by Gasteiger charge is 2.45. The number of hydrogen-bond acceptors (Lipinski definition) is 15. The second-order valence-corrected chi connectivity index (χ2v) is 17.7. The summed E-state index contributed by atoms with van der Waals surface area (Å²) in [5.74, 6) is -1.75. The molecule has 0 spiro atoms. The highest BCUT2D eigenvalue weighted by atomic mass is 32.2. The van der Waals surface area contributed by atoms with E-state index in [9.17, 15) is 32.4 Å². The van der Waals surface area contributed by atoms with Crippen LogP contribution >= 0.6 is 0 Å². The van der Waals surface area contributed by atoms with Gasteiger partial charge in [0.2, 0.25) is 23.7 Å². The standard InChI is InChI=1S/C45H49N9O10S/c1-65(60,61)33-14-8-30(9-15-33)36-6-3-7-38-48-45(50-54(36)38)47-31-10-12-32(13-11-31)51-20-22-52(23-21-51)40(56)18-24-62-26-28-64-29-27-63-25-19-46-35-5-2-4-34-41(35)44(59)53(43(34)58)37-16-17-39(55)49-42(37)57/h2-15,37,46H,16-29H2,1H3,(H,47,50)(H,49,55,57). The normalized spacial score (nSPS) is 16.6. The zero-order chi connectivity index (χ0) is 45.5. The molecule has 0 aliphatic carbocycles. The summed E-state index contributed by atoms with van der Waals surface area (Å²) in [5.41, 5.74) is 4.95. The average Bonchev–Trinajstić information content (AvgIpc) is 3.83. The SMILES string of the molecule is CS(=O)(=O)c1ccc(-c2cccc3nc(Nc4ccc(N5CCN(C(=O)CCOCCOCCOCCNc6cccc7c6C(=O)N(C6CCC(=O)NC6=O)C7=O)CC5)cc4)nn23)cc1. The molecule has 0 radical (unpaired) electrons. The van der Waals surface area contributed by atoms with Gasteiger partial charge in [-0.2, -0.15) is 4.98 Å². The molecule has 3 aromatic carbocycles. The van der Waals surface area contributed by atoms with Crippen LogP contribution in [0.4, 0.5) is 23.0 Å². The van der Waals surface area contributed by atoms with E-state index in [-0.39, 0.29) is 41.2 Å². The number of carbonyl (C=O) groups excluding carboxylic acids is 5. The highest BCUT2D eigenvalue weighted by molar-refractivity contribution is 7.90. The molecule has 340 valence electrons. The molecule has 3 N–H and O–H groups in total. The molecule has 3 aliphatic rings. The molecular weight excluding hydrogens is 859 g/mol. The van der Waals surface area contributed by atoms with E-state index < -0.39 is 39.5 Å². The highest BCUT2D eigenvalue weighted by Crippen LogP contribution is 2.32. The van der Waals surface area contributed by atoms with Crippen LogP contribution in [0.2, 0.25) is 0 Å². The van der Waals surface area contributed by atoms with Crippen LogP contribution in [-0.4, -0.2) is 147 Å². The Balaban J connectivity index is 0.678. The third-order valence-corrected chi connectivity index (χ3v) is 12.4. The Bertz CT molecular complexity index is 2680. The maximum absolute atomic E-state index is 13.2. The monoisotopic (exact) mass is 907 g/mol. The van der Waals surface area contributed by atoms with Crippen molar-refractivity contribution in [2.75, 3.05) is 94.2 Å². The van der Waals surface area contributed by atoms with Crippen molar-refractivity contribution in [1.82, 2.24) is 29.7 Å². The number of nitrogens with one attached hydrogen (secondary N) is 3. The van der Waals surface area contributed by atoms with Crippen molar-refractivity contribution in [3.05, 3.63) is 96.1 Å². The zero-order valence-corrected chi connectivity index (χ0v) is 36.6. The number of piperidine rings is 1. The Morgan fingerprint density at radius 3 is 2.20 bits per heavy atom. The topological polar surface area (TPSA) is 223 Å². The minimum atomic E-state index is -3.30. The van der Waals surface area contributed by atoms with Crippen LogP contribution in [0.1, 0.15) is 40.0 Å². The Morgan fingerprint density at radius 2 is 1.49 bits per heavy atom. The molecule has 65 heavy (non-hydrogen) atoms.